The van der Waals surface area contributed by atoms with Crippen molar-refractivity contribution in [2.75, 3.05) is 41.5 Å². The number of hydrogen-bond acceptors (Lipinski definition) is 7. The molecule has 10 heteroatoms. The molecule has 1 aromatic heterocycles. The second-order valence-corrected chi connectivity index (χ2v) is 11.5. The lowest BCUT2D eigenvalue weighted by atomic mass is 9.91. The molecule has 2 atom stereocenters. The average molecular weight is 465 g/mol. The fraction of sp³-hybridized carbons (Fsp3) is 0.773. The lowest BCUT2D eigenvalue weighted by Crippen LogP contribution is -2.55. The molecule has 2 fully saturated rings. The zero-order chi connectivity index (χ0) is 23.0. The van der Waals surface area contributed by atoms with Crippen molar-refractivity contribution in [1.29, 1.82) is 0 Å². The van der Waals surface area contributed by atoms with Crippen LogP contribution in [-0.4, -0.2) is 73.1 Å². The van der Waals surface area contributed by atoms with Gasteiger partial charge in [0.05, 0.1) is 12.5 Å². The second kappa shape index (κ2) is 9.13. The van der Waals surface area contributed by atoms with Crippen molar-refractivity contribution in [3.05, 3.63) is 6.20 Å². The van der Waals surface area contributed by atoms with Gasteiger partial charge in [0.25, 0.3) is 0 Å². The van der Waals surface area contributed by atoms with E-state index < -0.39 is 10.0 Å². The largest absolute Gasteiger partial charge is 0.351 e. The molecule has 1 amide bonds. The summed E-state index contributed by atoms with van der Waals surface area (Å²) in [5.41, 5.74) is 0.770. The first-order valence-electron chi connectivity index (χ1n) is 11.8. The highest BCUT2D eigenvalue weighted by Gasteiger charge is 2.41. The Balaban J connectivity index is 1.53. The molecule has 2 aliphatic heterocycles. The van der Waals surface area contributed by atoms with Crippen LogP contribution in [0, 0.1) is 5.92 Å². The maximum atomic E-state index is 13.0. The number of nitrogens with one attached hydrogen (secondary N) is 1. The number of carbonyl (C=O) groups excluding carboxylic acids is 1. The second-order valence-electron chi connectivity index (χ2n) is 9.50. The minimum Gasteiger partial charge on any atom is -0.351 e. The summed E-state index contributed by atoms with van der Waals surface area (Å²) >= 11 is 0. The van der Waals surface area contributed by atoms with Crippen LogP contribution in [0.2, 0.25) is 0 Å². The van der Waals surface area contributed by atoms with Gasteiger partial charge in [-0.2, -0.15) is 4.98 Å². The first kappa shape index (κ1) is 23.2. The highest BCUT2D eigenvalue weighted by molar-refractivity contribution is 7.88. The van der Waals surface area contributed by atoms with Crippen LogP contribution in [-0.2, 0) is 14.8 Å². The Labute approximate surface area is 191 Å². The first-order valence-corrected chi connectivity index (χ1v) is 13.7. The molecule has 1 N–H and O–H groups in total. The van der Waals surface area contributed by atoms with Crippen molar-refractivity contribution in [2.24, 2.45) is 5.92 Å². The van der Waals surface area contributed by atoms with Gasteiger partial charge in [-0.05, 0) is 44.9 Å². The van der Waals surface area contributed by atoms with Crippen LogP contribution < -0.4 is 15.1 Å². The average Bonchev–Trinajstić information content (AvgIpc) is 3.30. The van der Waals surface area contributed by atoms with Gasteiger partial charge < -0.3 is 15.1 Å². The summed E-state index contributed by atoms with van der Waals surface area (Å²) in [5.74, 6) is 1.89. The molecule has 178 valence electrons. The van der Waals surface area contributed by atoms with Gasteiger partial charge in [-0.1, -0.05) is 19.8 Å². The third-order valence-corrected chi connectivity index (χ3v) is 8.75. The summed E-state index contributed by atoms with van der Waals surface area (Å²) in [6.45, 7) is 5.29. The van der Waals surface area contributed by atoms with Gasteiger partial charge in [-0.15, -0.1) is 0 Å². The van der Waals surface area contributed by atoms with Crippen LogP contribution in [0.5, 0.6) is 0 Å². The lowest BCUT2D eigenvalue weighted by Gasteiger charge is -2.43. The summed E-state index contributed by atoms with van der Waals surface area (Å²) in [7, 11) is -1.32. The third-order valence-electron chi connectivity index (χ3n) is 7.44. The number of fused-ring (bicyclic) bond motifs is 1. The van der Waals surface area contributed by atoms with Crippen molar-refractivity contribution in [2.45, 2.75) is 76.9 Å². The van der Waals surface area contributed by atoms with E-state index >= 15 is 0 Å². The predicted octanol–water partition coefficient (Wildman–Crippen LogP) is 2.45. The summed E-state index contributed by atoms with van der Waals surface area (Å²) in [6.07, 6.45) is 9.98. The van der Waals surface area contributed by atoms with E-state index in [-0.39, 0.29) is 18.0 Å². The molecule has 0 spiro atoms. The van der Waals surface area contributed by atoms with Crippen molar-refractivity contribution >= 4 is 33.4 Å². The summed E-state index contributed by atoms with van der Waals surface area (Å²) in [5, 5.41) is 3.47. The highest BCUT2D eigenvalue weighted by atomic mass is 32.2. The minimum absolute atomic E-state index is 0.113. The number of sulfonamides is 1. The quantitative estimate of drug-likeness (QED) is 0.690. The fourth-order valence-electron chi connectivity index (χ4n) is 5.48. The molecule has 0 aromatic carbocycles. The van der Waals surface area contributed by atoms with E-state index in [4.69, 9.17) is 4.98 Å². The van der Waals surface area contributed by atoms with Gasteiger partial charge in [-0.25, -0.2) is 17.7 Å². The topological polar surface area (TPSA) is 98.7 Å². The molecule has 3 aliphatic rings. The van der Waals surface area contributed by atoms with Crippen LogP contribution in [0.25, 0.3) is 0 Å². The number of aromatic nitrogens is 2. The summed E-state index contributed by atoms with van der Waals surface area (Å²) < 4.78 is 25.1. The number of likely N-dealkylation sites (N-methyl/N-ethyl adjacent to an activating group) is 1. The fourth-order valence-corrected chi connectivity index (χ4v) is 6.36. The van der Waals surface area contributed by atoms with Crippen molar-refractivity contribution in [1.82, 2.24) is 14.3 Å². The van der Waals surface area contributed by atoms with E-state index in [1.165, 1.54) is 19.1 Å². The monoisotopic (exact) mass is 464 g/mol. The molecule has 1 saturated heterocycles. The molecule has 1 saturated carbocycles. The maximum Gasteiger partial charge on any atom is 0.249 e. The number of anilines is 3. The Morgan fingerprint density at radius 2 is 1.84 bits per heavy atom. The molecule has 32 heavy (non-hydrogen) atoms. The van der Waals surface area contributed by atoms with Crippen LogP contribution in [0.15, 0.2) is 6.20 Å². The Kier molecular flexibility index (Phi) is 6.63. The Morgan fingerprint density at radius 1 is 1.19 bits per heavy atom. The molecule has 0 radical (unpaired) electrons. The van der Waals surface area contributed by atoms with Gasteiger partial charge in [0.1, 0.15) is 11.7 Å². The Morgan fingerprint density at radius 3 is 2.44 bits per heavy atom. The molecule has 3 heterocycles. The number of nitrogens with zero attached hydrogens (tertiary/aromatic N) is 5. The van der Waals surface area contributed by atoms with Crippen LogP contribution in [0.1, 0.15) is 58.8 Å². The van der Waals surface area contributed by atoms with Gasteiger partial charge in [0, 0.05) is 32.2 Å². The van der Waals surface area contributed by atoms with Gasteiger partial charge in [-0.3, -0.25) is 4.79 Å². The molecule has 1 aromatic rings. The van der Waals surface area contributed by atoms with E-state index in [9.17, 15) is 13.2 Å². The molecule has 1 aliphatic carbocycles. The van der Waals surface area contributed by atoms with Crippen LogP contribution >= 0.6 is 0 Å². The Bertz CT molecular complexity index is 941. The minimum atomic E-state index is -3.13. The smallest absolute Gasteiger partial charge is 0.249 e. The van der Waals surface area contributed by atoms with E-state index in [1.807, 2.05) is 7.05 Å². The standard InChI is InChI=1S/C22H36N6O3S/c1-5-18-21(29)26(3)19-14-23-22(25-20(19)28(18)17-8-6-7-9-17)24-15(2)16-10-12-27(13-11-16)32(4,30)31/h14-18H,5-13H2,1-4H3,(H,23,24,25)/t15-,18-/m1/s1. The normalized spacial score (nSPS) is 24.6. The molecular formula is C22H36N6O3S. The van der Waals surface area contributed by atoms with Crippen LogP contribution in [0.4, 0.5) is 17.5 Å². The summed E-state index contributed by atoms with van der Waals surface area (Å²) in [4.78, 5) is 26.4. The van der Waals surface area contributed by atoms with Gasteiger partial charge in [0.15, 0.2) is 5.82 Å². The van der Waals surface area contributed by atoms with E-state index in [0.717, 1.165) is 43.6 Å². The molecule has 4 rings (SSSR count). The maximum absolute atomic E-state index is 13.0. The highest BCUT2D eigenvalue weighted by Crippen LogP contribution is 2.40. The van der Waals surface area contributed by atoms with Crippen LogP contribution in [0.3, 0.4) is 0 Å². The molecular weight excluding hydrogens is 428 g/mol. The zero-order valence-corrected chi connectivity index (χ0v) is 20.4. The predicted molar refractivity (Wildman–Crippen MR) is 126 cm³/mol. The van der Waals surface area contributed by atoms with E-state index in [0.29, 0.717) is 31.0 Å². The first-order chi connectivity index (χ1) is 15.2. The number of amides is 1. The molecule has 9 nitrogen and oxygen atoms in total. The van der Waals surface area contributed by atoms with Gasteiger partial charge >= 0.3 is 0 Å². The Hall–Kier alpha value is -1.94. The lowest BCUT2D eigenvalue weighted by molar-refractivity contribution is -0.120. The van der Waals surface area contributed by atoms with E-state index in [2.05, 4.69) is 29.0 Å². The molecule has 0 unspecified atom stereocenters. The van der Waals surface area contributed by atoms with Gasteiger partial charge in [0.2, 0.25) is 21.9 Å². The SMILES string of the molecule is CC[C@@H]1C(=O)N(C)c2cnc(N[C@H](C)C3CCN(S(C)(=O)=O)CC3)nc2N1C1CCCC1. The summed E-state index contributed by atoms with van der Waals surface area (Å²) in [6, 6.07) is 0.285. The number of piperidine rings is 1. The number of carbonyl (C=O) groups is 1. The third kappa shape index (κ3) is 4.44. The van der Waals surface area contributed by atoms with Crippen molar-refractivity contribution < 1.29 is 13.2 Å². The van der Waals surface area contributed by atoms with Crippen molar-refractivity contribution in [3.8, 4) is 0 Å². The van der Waals surface area contributed by atoms with Crippen molar-refractivity contribution in [3.63, 3.8) is 0 Å². The number of rotatable bonds is 6. The van der Waals surface area contributed by atoms with E-state index in [1.54, 1.807) is 15.4 Å². The molecule has 0 bridgehead atoms. The zero-order valence-electron chi connectivity index (χ0n) is 19.6. The number of hydrogen-bond donors (Lipinski definition) is 1.